The molecule has 1 N–H and O–H groups in total. The molecule has 0 radical (unpaired) electrons. The molecule has 0 spiro atoms. The number of hydrogen-bond donors (Lipinski definition) is 1. The SMILES string of the molecule is CC1CN(C(C)CC(C)(C#N)NC2CC2)CCO1. The zero-order chi connectivity index (χ0) is 13.2. The van der Waals surface area contributed by atoms with Crippen LogP contribution in [0, 0.1) is 11.3 Å². The summed E-state index contributed by atoms with van der Waals surface area (Å²) in [5, 5.41) is 12.9. The monoisotopic (exact) mass is 251 g/mol. The number of morpholine rings is 1. The number of rotatable bonds is 5. The van der Waals surface area contributed by atoms with Gasteiger partial charge in [0.1, 0.15) is 5.54 Å². The van der Waals surface area contributed by atoms with Crippen molar-refractivity contribution < 1.29 is 4.74 Å². The summed E-state index contributed by atoms with van der Waals surface area (Å²) in [7, 11) is 0. The minimum absolute atomic E-state index is 0.311. The second-order valence-corrected chi connectivity index (χ2v) is 6.09. The highest BCUT2D eigenvalue weighted by molar-refractivity contribution is 5.08. The molecule has 1 saturated heterocycles. The van der Waals surface area contributed by atoms with Crippen LogP contribution in [0.2, 0.25) is 0 Å². The molecule has 3 unspecified atom stereocenters. The van der Waals surface area contributed by atoms with Crippen LogP contribution in [-0.4, -0.2) is 48.3 Å². The van der Waals surface area contributed by atoms with Crippen LogP contribution in [0.3, 0.4) is 0 Å². The molecule has 1 saturated carbocycles. The lowest BCUT2D eigenvalue weighted by molar-refractivity contribution is -0.0347. The molecular formula is C14H25N3O. The Balaban J connectivity index is 1.87. The largest absolute Gasteiger partial charge is 0.376 e. The van der Waals surface area contributed by atoms with Gasteiger partial charge < -0.3 is 4.74 Å². The highest BCUT2D eigenvalue weighted by atomic mass is 16.5. The molecule has 0 aromatic rings. The average Bonchev–Trinajstić information content (AvgIpc) is 3.12. The van der Waals surface area contributed by atoms with Crippen molar-refractivity contribution in [1.29, 1.82) is 5.26 Å². The fraction of sp³-hybridized carbons (Fsp3) is 0.929. The van der Waals surface area contributed by atoms with Crippen LogP contribution in [0.15, 0.2) is 0 Å². The third kappa shape index (κ3) is 3.68. The lowest BCUT2D eigenvalue weighted by Gasteiger charge is -2.38. The van der Waals surface area contributed by atoms with Crippen molar-refractivity contribution in [2.75, 3.05) is 19.7 Å². The zero-order valence-corrected chi connectivity index (χ0v) is 11.8. The van der Waals surface area contributed by atoms with Gasteiger partial charge in [0.2, 0.25) is 0 Å². The van der Waals surface area contributed by atoms with Crippen LogP contribution >= 0.6 is 0 Å². The Morgan fingerprint density at radius 1 is 1.56 bits per heavy atom. The molecule has 1 aliphatic heterocycles. The van der Waals surface area contributed by atoms with Gasteiger partial charge in [-0.15, -0.1) is 0 Å². The summed E-state index contributed by atoms with van der Waals surface area (Å²) in [6.07, 6.45) is 3.64. The molecular weight excluding hydrogens is 226 g/mol. The van der Waals surface area contributed by atoms with Gasteiger partial charge in [-0.2, -0.15) is 5.26 Å². The standard InChI is InChI=1S/C14H25N3O/c1-11(17-6-7-18-12(2)9-17)8-14(3,10-15)16-13-4-5-13/h11-13,16H,4-9H2,1-3H3. The Morgan fingerprint density at radius 2 is 2.28 bits per heavy atom. The van der Waals surface area contributed by atoms with Gasteiger partial charge >= 0.3 is 0 Å². The molecule has 0 bridgehead atoms. The van der Waals surface area contributed by atoms with Crippen LogP contribution < -0.4 is 5.32 Å². The minimum atomic E-state index is -0.387. The lowest BCUT2D eigenvalue weighted by atomic mass is 9.94. The molecule has 3 atom stereocenters. The first kappa shape index (κ1) is 13.8. The fourth-order valence-electron chi connectivity index (χ4n) is 2.78. The normalized spacial score (nSPS) is 30.4. The Bertz CT molecular complexity index is 323. The molecule has 1 aliphatic carbocycles. The minimum Gasteiger partial charge on any atom is -0.376 e. The van der Waals surface area contributed by atoms with Crippen LogP contribution in [-0.2, 0) is 4.74 Å². The maximum atomic E-state index is 9.41. The van der Waals surface area contributed by atoms with E-state index in [-0.39, 0.29) is 5.54 Å². The molecule has 4 nitrogen and oxygen atoms in total. The van der Waals surface area contributed by atoms with E-state index in [9.17, 15) is 5.26 Å². The highest BCUT2D eigenvalue weighted by Gasteiger charge is 2.35. The molecule has 0 aromatic heterocycles. The summed E-state index contributed by atoms with van der Waals surface area (Å²) in [5.74, 6) is 0. The van der Waals surface area contributed by atoms with Crippen molar-refractivity contribution in [1.82, 2.24) is 10.2 Å². The third-order valence-electron chi connectivity index (χ3n) is 3.95. The molecule has 0 aromatic carbocycles. The van der Waals surface area contributed by atoms with E-state index >= 15 is 0 Å². The van der Waals surface area contributed by atoms with Crippen LogP contribution in [0.25, 0.3) is 0 Å². The lowest BCUT2D eigenvalue weighted by Crippen LogP contribution is -2.51. The third-order valence-corrected chi connectivity index (χ3v) is 3.95. The maximum absolute atomic E-state index is 9.41. The van der Waals surface area contributed by atoms with Crippen molar-refractivity contribution in [2.24, 2.45) is 0 Å². The van der Waals surface area contributed by atoms with Gasteiger partial charge in [-0.25, -0.2) is 0 Å². The molecule has 4 heteroatoms. The molecule has 0 amide bonds. The summed E-state index contributed by atoms with van der Waals surface area (Å²) in [6, 6.07) is 3.46. The van der Waals surface area contributed by atoms with Gasteiger partial charge in [-0.05, 0) is 40.0 Å². The Labute approximate surface area is 110 Å². The van der Waals surface area contributed by atoms with E-state index < -0.39 is 0 Å². The van der Waals surface area contributed by atoms with E-state index in [1.54, 1.807) is 0 Å². The first-order valence-electron chi connectivity index (χ1n) is 7.07. The number of nitrogens with zero attached hydrogens (tertiary/aromatic N) is 2. The Kier molecular flexibility index (Phi) is 4.26. The molecule has 1 heterocycles. The molecule has 2 aliphatic rings. The van der Waals surface area contributed by atoms with Gasteiger partial charge in [0.25, 0.3) is 0 Å². The summed E-state index contributed by atoms with van der Waals surface area (Å²) < 4.78 is 5.57. The summed E-state index contributed by atoms with van der Waals surface area (Å²) in [5.41, 5.74) is -0.387. The summed E-state index contributed by atoms with van der Waals surface area (Å²) >= 11 is 0. The quantitative estimate of drug-likeness (QED) is 0.805. The summed E-state index contributed by atoms with van der Waals surface area (Å²) in [6.45, 7) is 9.14. The van der Waals surface area contributed by atoms with E-state index in [4.69, 9.17) is 4.74 Å². The van der Waals surface area contributed by atoms with Gasteiger partial charge in [0, 0.05) is 25.2 Å². The van der Waals surface area contributed by atoms with E-state index in [0.29, 0.717) is 18.2 Å². The zero-order valence-electron chi connectivity index (χ0n) is 11.8. The van der Waals surface area contributed by atoms with E-state index in [1.807, 2.05) is 6.92 Å². The average molecular weight is 251 g/mol. The van der Waals surface area contributed by atoms with E-state index in [2.05, 4.69) is 30.1 Å². The van der Waals surface area contributed by atoms with Crippen LogP contribution in [0.4, 0.5) is 0 Å². The number of ether oxygens (including phenoxy) is 1. The topological polar surface area (TPSA) is 48.3 Å². The summed E-state index contributed by atoms with van der Waals surface area (Å²) in [4.78, 5) is 2.44. The van der Waals surface area contributed by atoms with Crippen molar-refractivity contribution in [3.05, 3.63) is 0 Å². The molecule has 18 heavy (non-hydrogen) atoms. The maximum Gasteiger partial charge on any atom is 0.105 e. The van der Waals surface area contributed by atoms with Crippen molar-refractivity contribution in [3.8, 4) is 6.07 Å². The number of nitrogens with one attached hydrogen (secondary N) is 1. The molecule has 102 valence electrons. The van der Waals surface area contributed by atoms with Gasteiger partial charge in [0.15, 0.2) is 0 Å². The van der Waals surface area contributed by atoms with Gasteiger partial charge in [-0.3, -0.25) is 10.2 Å². The van der Waals surface area contributed by atoms with Crippen LogP contribution in [0.1, 0.15) is 40.0 Å². The fourth-order valence-corrected chi connectivity index (χ4v) is 2.78. The second-order valence-electron chi connectivity index (χ2n) is 6.09. The smallest absolute Gasteiger partial charge is 0.105 e. The van der Waals surface area contributed by atoms with Gasteiger partial charge in [-0.1, -0.05) is 0 Å². The van der Waals surface area contributed by atoms with Gasteiger partial charge in [0.05, 0.1) is 18.8 Å². The molecule has 2 fully saturated rings. The Morgan fingerprint density at radius 3 is 2.83 bits per heavy atom. The Hall–Kier alpha value is -0.630. The van der Waals surface area contributed by atoms with Crippen molar-refractivity contribution >= 4 is 0 Å². The van der Waals surface area contributed by atoms with Crippen molar-refractivity contribution in [3.63, 3.8) is 0 Å². The second kappa shape index (κ2) is 5.56. The van der Waals surface area contributed by atoms with E-state index in [0.717, 1.165) is 26.1 Å². The first-order valence-corrected chi connectivity index (χ1v) is 7.07. The highest BCUT2D eigenvalue weighted by Crippen LogP contribution is 2.25. The first-order chi connectivity index (χ1) is 8.52. The van der Waals surface area contributed by atoms with E-state index in [1.165, 1.54) is 12.8 Å². The van der Waals surface area contributed by atoms with Crippen molar-refractivity contribution in [2.45, 2.75) is 63.8 Å². The van der Waals surface area contributed by atoms with Crippen LogP contribution in [0.5, 0.6) is 0 Å². The molecule has 2 rings (SSSR count). The number of hydrogen-bond acceptors (Lipinski definition) is 4. The predicted molar refractivity (Wildman–Crippen MR) is 71.2 cm³/mol. The predicted octanol–water partition coefficient (Wildman–Crippen LogP) is 1.52. The number of nitriles is 1.